The Morgan fingerprint density at radius 1 is 1.00 bits per heavy atom. The van der Waals surface area contributed by atoms with E-state index in [0.29, 0.717) is 13.1 Å². The number of primary amides is 1. The predicted molar refractivity (Wildman–Crippen MR) is 88.0 cm³/mol. The van der Waals surface area contributed by atoms with Crippen molar-refractivity contribution >= 4 is 16.8 Å². The smallest absolute Gasteiger partial charge is 0.231 e. The van der Waals surface area contributed by atoms with Gasteiger partial charge in [0.05, 0.1) is 6.54 Å². The quantitative estimate of drug-likeness (QED) is 0.734. The molecule has 0 atom stereocenters. The summed E-state index contributed by atoms with van der Waals surface area (Å²) in [6, 6.07) is 20.4. The van der Waals surface area contributed by atoms with E-state index < -0.39 is 0 Å². The molecule has 0 aliphatic carbocycles. The molecule has 4 nitrogen and oxygen atoms in total. The van der Waals surface area contributed by atoms with Gasteiger partial charge >= 0.3 is 0 Å². The van der Waals surface area contributed by atoms with Crippen molar-refractivity contribution in [3.63, 3.8) is 0 Å². The molecule has 2 aromatic carbocycles. The Morgan fingerprint density at radius 2 is 1.73 bits per heavy atom. The summed E-state index contributed by atoms with van der Waals surface area (Å²) in [7, 11) is 0. The molecule has 3 N–H and O–H groups in total. The van der Waals surface area contributed by atoms with Crippen molar-refractivity contribution in [2.45, 2.75) is 13.1 Å². The number of benzene rings is 2. The summed E-state index contributed by atoms with van der Waals surface area (Å²) in [4.78, 5) is 16.8. The van der Waals surface area contributed by atoms with E-state index in [0.717, 1.165) is 11.2 Å². The van der Waals surface area contributed by atoms with Gasteiger partial charge in [-0.1, -0.05) is 48.5 Å². The Labute approximate surface area is 129 Å². The molecule has 0 saturated heterocycles. The van der Waals surface area contributed by atoms with E-state index >= 15 is 0 Å². The van der Waals surface area contributed by atoms with Gasteiger partial charge in [0.1, 0.15) is 0 Å². The first kappa shape index (κ1) is 14.4. The van der Waals surface area contributed by atoms with Crippen LogP contribution in [0.1, 0.15) is 11.3 Å². The second-order valence-corrected chi connectivity index (χ2v) is 5.48. The zero-order chi connectivity index (χ0) is 15.4. The molecule has 1 heterocycles. The normalized spacial score (nSPS) is 11.1. The first-order chi connectivity index (χ1) is 10.7. The number of H-pyrrole nitrogens is 1. The summed E-state index contributed by atoms with van der Waals surface area (Å²) in [6.45, 7) is 1.59. The van der Waals surface area contributed by atoms with Crippen LogP contribution in [0, 0.1) is 0 Å². The number of para-hydroxylation sites is 1. The number of aromatic amines is 1. The third kappa shape index (κ3) is 3.54. The van der Waals surface area contributed by atoms with Crippen LogP contribution in [0.3, 0.4) is 0 Å². The average Bonchev–Trinajstić information content (AvgIpc) is 2.89. The molecule has 0 spiro atoms. The lowest BCUT2D eigenvalue weighted by Crippen LogP contribution is -2.33. The van der Waals surface area contributed by atoms with E-state index in [4.69, 9.17) is 5.73 Å². The van der Waals surface area contributed by atoms with Crippen LogP contribution in [0.4, 0.5) is 0 Å². The van der Waals surface area contributed by atoms with Gasteiger partial charge in [0.15, 0.2) is 0 Å². The number of fused-ring (bicyclic) bond motifs is 1. The van der Waals surface area contributed by atoms with E-state index in [9.17, 15) is 4.79 Å². The number of rotatable bonds is 6. The molecule has 0 bridgehead atoms. The Hall–Kier alpha value is -2.59. The van der Waals surface area contributed by atoms with Gasteiger partial charge in [-0.15, -0.1) is 0 Å². The third-order valence-electron chi connectivity index (χ3n) is 3.61. The number of hydrogen-bond acceptors (Lipinski definition) is 2. The number of nitrogens with one attached hydrogen (secondary N) is 1. The fraction of sp³-hybridized carbons (Fsp3) is 0.167. The first-order valence-corrected chi connectivity index (χ1v) is 7.32. The molecule has 3 aromatic rings. The molecule has 0 aliphatic rings. The number of aromatic nitrogens is 1. The van der Waals surface area contributed by atoms with Crippen molar-refractivity contribution in [1.82, 2.24) is 9.88 Å². The van der Waals surface area contributed by atoms with E-state index in [1.54, 1.807) is 0 Å². The molecule has 0 aliphatic heterocycles. The minimum atomic E-state index is -0.313. The van der Waals surface area contributed by atoms with Crippen LogP contribution >= 0.6 is 0 Å². The number of amides is 1. The van der Waals surface area contributed by atoms with E-state index in [2.05, 4.69) is 35.3 Å². The van der Waals surface area contributed by atoms with E-state index in [1.807, 2.05) is 35.2 Å². The molecular formula is C18H19N3O. The lowest BCUT2D eigenvalue weighted by molar-refractivity contribution is -0.119. The number of hydrogen-bond donors (Lipinski definition) is 2. The summed E-state index contributed by atoms with van der Waals surface area (Å²) < 4.78 is 0. The summed E-state index contributed by atoms with van der Waals surface area (Å²) in [6.07, 6.45) is 0. The molecule has 0 fully saturated rings. The fourth-order valence-corrected chi connectivity index (χ4v) is 2.69. The van der Waals surface area contributed by atoms with Crippen molar-refractivity contribution in [2.24, 2.45) is 5.73 Å². The van der Waals surface area contributed by atoms with Crippen molar-refractivity contribution in [1.29, 1.82) is 0 Å². The summed E-state index contributed by atoms with van der Waals surface area (Å²) in [5, 5.41) is 1.18. The molecule has 0 unspecified atom stereocenters. The number of nitrogens with zero attached hydrogens (tertiary/aromatic N) is 1. The van der Waals surface area contributed by atoms with Crippen LogP contribution in [0.5, 0.6) is 0 Å². The van der Waals surface area contributed by atoms with Gasteiger partial charge in [-0.2, -0.15) is 0 Å². The highest BCUT2D eigenvalue weighted by Gasteiger charge is 2.11. The third-order valence-corrected chi connectivity index (χ3v) is 3.61. The average molecular weight is 293 g/mol. The van der Waals surface area contributed by atoms with Gasteiger partial charge < -0.3 is 10.7 Å². The molecule has 0 radical (unpaired) electrons. The van der Waals surface area contributed by atoms with E-state index in [1.165, 1.54) is 10.9 Å². The molecule has 112 valence electrons. The molecule has 1 amide bonds. The second-order valence-electron chi connectivity index (χ2n) is 5.48. The minimum absolute atomic E-state index is 0.240. The van der Waals surface area contributed by atoms with Crippen LogP contribution in [0.2, 0.25) is 0 Å². The summed E-state index contributed by atoms with van der Waals surface area (Å²) in [5.74, 6) is -0.313. The van der Waals surface area contributed by atoms with Crippen molar-refractivity contribution < 1.29 is 4.79 Å². The highest BCUT2D eigenvalue weighted by molar-refractivity contribution is 5.80. The minimum Gasteiger partial charge on any atom is -0.369 e. The molecule has 3 rings (SSSR count). The number of carbonyl (C=O) groups is 1. The first-order valence-electron chi connectivity index (χ1n) is 7.32. The predicted octanol–water partition coefficient (Wildman–Crippen LogP) is 2.66. The maximum atomic E-state index is 11.3. The van der Waals surface area contributed by atoms with E-state index in [-0.39, 0.29) is 12.5 Å². The van der Waals surface area contributed by atoms with Crippen molar-refractivity contribution in [3.05, 3.63) is 71.9 Å². The fourth-order valence-electron chi connectivity index (χ4n) is 2.69. The van der Waals surface area contributed by atoms with Crippen molar-refractivity contribution in [3.8, 4) is 0 Å². The van der Waals surface area contributed by atoms with Crippen LogP contribution in [-0.4, -0.2) is 22.3 Å². The maximum Gasteiger partial charge on any atom is 0.231 e. The number of carbonyl (C=O) groups excluding carboxylic acids is 1. The Morgan fingerprint density at radius 3 is 2.45 bits per heavy atom. The standard InChI is InChI=1S/C18H19N3O/c19-18(22)13-21(11-14-6-2-1-3-7-14)12-16-10-15-8-4-5-9-17(15)20-16/h1-10,20H,11-13H2,(H2,19,22). The zero-order valence-corrected chi connectivity index (χ0v) is 12.3. The van der Waals surface area contributed by atoms with Crippen molar-refractivity contribution in [2.75, 3.05) is 6.54 Å². The monoisotopic (exact) mass is 293 g/mol. The number of nitrogens with two attached hydrogens (primary N) is 1. The summed E-state index contributed by atoms with van der Waals surface area (Å²) in [5.41, 5.74) is 8.74. The van der Waals surface area contributed by atoms with Gasteiger partial charge in [-0.25, -0.2) is 0 Å². The van der Waals surface area contributed by atoms with Gasteiger partial charge in [-0.3, -0.25) is 9.69 Å². The highest BCUT2D eigenvalue weighted by Crippen LogP contribution is 2.17. The van der Waals surface area contributed by atoms with Crippen LogP contribution in [0.15, 0.2) is 60.7 Å². The lowest BCUT2D eigenvalue weighted by Gasteiger charge is -2.20. The van der Waals surface area contributed by atoms with Crippen LogP contribution in [0.25, 0.3) is 10.9 Å². The van der Waals surface area contributed by atoms with Gasteiger partial charge in [0.25, 0.3) is 0 Å². The second kappa shape index (κ2) is 6.45. The Balaban J connectivity index is 1.78. The van der Waals surface area contributed by atoms with Crippen LogP contribution in [-0.2, 0) is 17.9 Å². The molecule has 0 saturated carbocycles. The van der Waals surface area contributed by atoms with Gasteiger partial charge in [-0.05, 0) is 23.1 Å². The maximum absolute atomic E-state index is 11.3. The zero-order valence-electron chi connectivity index (χ0n) is 12.3. The SMILES string of the molecule is NC(=O)CN(Cc1ccccc1)Cc1cc2ccccc2[nH]1. The topological polar surface area (TPSA) is 62.1 Å². The van der Waals surface area contributed by atoms with Crippen LogP contribution < -0.4 is 5.73 Å². The highest BCUT2D eigenvalue weighted by atomic mass is 16.1. The Kier molecular flexibility index (Phi) is 4.21. The molecular weight excluding hydrogens is 274 g/mol. The lowest BCUT2D eigenvalue weighted by atomic mass is 10.2. The largest absolute Gasteiger partial charge is 0.369 e. The molecule has 22 heavy (non-hydrogen) atoms. The van der Waals surface area contributed by atoms with Gasteiger partial charge in [0.2, 0.25) is 5.91 Å². The molecule has 4 heteroatoms. The molecule has 1 aromatic heterocycles. The Bertz CT molecular complexity index is 731. The summed E-state index contributed by atoms with van der Waals surface area (Å²) >= 11 is 0. The van der Waals surface area contributed by atoms with Gasteiger partial charge in [0, 0.05) is 24.3 Å².